The van der Waals surface area contributed by atoms with E-state index in [4.69, 9.17) is 60.5 Å². The number of benzene rings is 2. The minimum absolute atomic E-state index is 0. The van der Waals surface area contributed by atoms with Crippen molar-refractivity contribution in [2.45, 2.75) is 12.8 Å². The molecule has 0 bridgehead atoms. The van der Waals surface area contributed by atoms with Crippen molar-refractivity contribution in [3.8, 4) is 0 Å². The molecule has 0 fully saturated rings. The van der Waals surface area contributed by atoms with Gasteiger partial charge in [0, 0.05) is 60.4 Å². The molecule has 440 valence electrons. The van der Waals surface area contributed by atoms with Crippen LogP contribution in [0.4, 0.5) is 11.4 Å². The molecule has 26 nitrogen and oxygen atoms in total. The van der Waals surface area contributed by atoms with Gasteiger partial charge in [-0.3, -0.25) is 9.98 Å². The first-order valence-corrected chi connectivity index (χ1v) is 23.2. The first kappa shape index (κ1) is 88.6. The fourth-order valence-electron chi connectivity index (χ4n) is 3.92. The van der Waals surface area contributed by atoms with Gasteiger partial charge in [-0.1, -0.05) is 23.2 Å². The van der Waals surface area contributed by atoms with Crippen molar-refractivity contribution in [3.63, 3.8) is 0 Å². The number of hydrogen-bond donors (Lipinski definition) is 0. The number of rotatable bonds is 18. The molecule has 2 aromatic carbocycles. The van der Waals surface area contributed by atoms with Crippen molar-refractivity contribution < 1.29 is 166 Å². The molecule has 0 unspecified atom stereocenters. The molecule has 0 aliphatic heterocycles. The SMILES string of the molecule is CN(C)CCCN=C([O-])C([O-])=Nc1cc(Cl)ccc1C(=O)[O-].CN(C)CCCN=C([O-])C([O-])=Nc1cc(Cl)ccc1C(=O)[O-].CN(C)CCN(C)C.CN(C)CCN(C)C.[Cu+2].[Cu+2].[Cu+2].[Cu+2].[O-][Cl+3]([O-])([O-])[O-].[O-][Cl+3]([O-])([O-])[O-]. The predicted octanol–water partition coefficient (Wildman–Crippen LogP) is -11.7. The molecule has 0 aliphatic rings. The van der Waals surface area contributed by atoms with Crippen LogP contribution in [0.3, 0.4) is 0 Å². The summed E-state index contributed by atoms with van der Waals surface area (Å²) < 4.78 is 67.9. The summed E-state index contributed by atoms with van der Waals surface area (Å²) in [5.41, 5.74) is -1.10. The fraction of sp³-hybridized carbons (Fsp3) is 0.550. The van der Waals surface area contributed by atoms with E-state index in [1.165, 1.54) is 24.3 Å². The number of carbonyl (C=O) groups excluding carboxylic acids is 2. The van der Waals surface area contributed by atoms with Gasteiger partial charge < -0.3 is 79.6 Å². The van der Waals surface area contributed by atoms with Crippen LogP contribution in [0.1, 0.15) is 33.6 Å². The van der Waals surface area contributed by atoms with Crippen LogP contribution in [-0.4, -0.2) is 202 Å². The van der Waals surface area contributed by atoms with Crippen LogP contribution < -0.4 is 67.9 Å². The average molecular weight is 1330 g/mol. The average Bonchev–Trinajstić information content (AvgIpc) is 3.18. The Morgan fingerprint density at radius 2 is 0.635 bits per heavy atom. The van der Waals surface area contributed by atoms with Crippen molar-refractivity contribution in [2.75, 3.05) is 137 Å². The van der Waals surface area contributed by atoms with Crippen LogP contribution in [0.15, 0.2) is 56.4 Å². The Bertz CT molecular complexity index is 1760. The van der Waals surface area contributed by atoms with Crippen LogP contribution in [0.25, 0.3) is 0 Å². The van der Waals surface area contributed by atoms with Crippen LogP contribution in [0, 0.1) is 20.5 Å². The molecule has 74 heavy (non-hydrogen) atoms. The Labute approximate surface area is 489 Å². The molecule has 0 aliphatic carbocycles. The largest absolute Gasteiger partial charge is 2.00 e. The van der Waals surface area contributed by atoms with Crippen molar-refractivity contribution in [2.24, 2.45) is 20.0 Å². The summed E-state index contributed by atoms with van der Waals surface area (Å²) in [4.78, 5) is 48.5. The van der Waals surface area contributed by atoms with Gasteiger partial charge in [0.1, 0.15) is 0 Å². The zero-order valence-electron chi connectivity index (χ0n) is 42.3. The van der Waals surface area contributed by atoms with E-state index in [0.29, 0.717) is 12.8 Å². The maximum absolute atomic E-state index is 11.6. The summed E-state index contributed by atoms with van der Waals surface area (Å²) in [5, 5.41) is 68.6. The van der Waals surface area contributed by atoms with Crippen molar-refractivity contribution in [3.05, 3.63) is 57.6 Å². The van der Waals surface area contributed by atoms with E-state index in [2.05, 4.69) is 96.0 Å². The first-order valence-electron chi connectivity index (χ1n) is 20.0. The first-order chi connectivity index (χ1) is 31.9. The topological polar surface area (TPSA) is 426 Å². The van der Waals surface area contributed by atoms with Crippen LogP contribution in [-0.2, 0) is 68.3 Å². The van der Waals surface area contributed by atoms with E-state index in [-0.39, 0.29) is 114 Å². The summed E-state index contributed by atoms with van der Waals surface area (Å²) in [6.45, 7) is 6.43. The number of halogens is 4. The van der Waals surface area contributed by atoms with E-state index < -0.39 is 56.0 Å². The smallest absolute Gasteiger partial charge is 0.858 e. The third kappa shape index (κ3) is 64.2. The fourth-order valence-corrected chi connectivity index (χ4v) is 4.26. The van der Waals surface area contributed by atoms with Crippen molar-refractivity contribution >= 4 is 70.1 Å². The summed E-state index contributed by atoms with van der Waals surface area (Å²) in [6, 6.07) is 7.30. The monoisotopic (exact) mass is 1330 g/mol. The minimum Gasteiger partial charge on any atom is -0.858 e. The molecular formula is C40H62Cl4Cu4N10O16. The van der Waals surface area contributed by atoms with Gasteiger partial charge in [0.2, 0.25) is 0 Å². The normalized spacial score (nSPS) is 11.6. The molecule has 34 heteroatoms. The molecule has 4 radical (unpaired) electrons. The second-order valence-electron chi connectivity index (χ2n) is 15.4. The van der Waals surface area contributed by atoms with E-state index in [1.54, 1.807) is 0 Å². The van der Waals surface area contributed by atoms with Crippen LogP contribution in [0.2, 0.25) is 10.0 Å². The van der Waals surface area contributed by atoms with Crippen LogP contribution in [0.5, 0.6) is 0 Å². The number of aliphatic imine (C=N–C) groups is 4. The number of carboxylic acids is 2. The number of carbonyl (C=O) groups is 2. The van der Waals surface area contributed by atoms with E-state index in [1.807, 2.05) is 38.0 Å². The molecule has 0 spiro atoms. The molecule has 0 heterocycles. The van der Waals surface area contributed by atoms with Gasteiger partial charge in [-0.2, -0.15) is 0 Å². The summed E-state index contributed by atoms with van der Waals surface area (Å²) in [7, 11) is 14.3. The van der Waals surface area contributed by atoms with Gasteiger partial charge in [0.15, 0.2) is 0 Å². The Kier molecular flexibility index (Phi) is 58.9. The Morgan fingerprint density at radius 3 is 0.824 bits per heavy atom. The summed E-state index contributed by atoms with van der Waals surface area (Å²) in [5.74, 6) is -7.37. The molecule has 0 atom stereocenters. The molecule has 0 N–H and O–H groups in total. The molecule has 0 saturated heterocycles. The second kappa shape index (κ2) is 49.2. The number of hydrogen-bond acceptors (Lipinski definition) is 26. The number of nitrogens with zero attached hydrogens (tertiary/aromatic N) is 10. The Hall–Kier alpha value is -2.06. The van der Waals surface area contributed by atoms with Gasteiger partial charge in [-0.15, -0.1) is 20.5 Å². The van der Waals surface area contributed by atoms with Crippen LogP contribution >= 0.6 is 23.2 Å². The number of aromatic carboxylic acids is 2. The molecule has 0 saturated carbocycles. The standard InChI is InChI=1S/2C14H18ClN3O4.2C6H16N2.2ClHO4.4Cu/c2*1-18(2)7-3-6-16-12(19)13(20)17-11-8-9(15)4-5-10(11)14(21)22;2*1-7(2)5-6-8(3)4;2*2-1(3,4)5;;;;/h2*4-5,8H,3,6-7H2,1-2H3,(H,16,19)(H,17,20)(H,21,22);2*5-6H2,1-4H3;2*(H,2,3,4,5);;;;/q;;;;;;4*+2/p-8. The van der Waals surface area contributed by atoms with E-state index in [9.17, 15) is 40.2 Å². The van der Waals surface area contributed by atoms with Crippen molar-refractivity contribution in [1.29, 1.82) is 0 Å². The molecular weight excluding hydrogens is 1270 g/mol. The Balaban J connectivity index is -0.000000129. The minimum atomic E-state index is -4.94. The van der Waals surface area contributed by atoms with Gasteiger partial charge in [0.25, 0.3) is 0 Å². The second-order valence-corrected chi connectivity index (χ2v) is 17.8. The van der Waals surface area contributed by atoms with E-state index >= 15 is 0 Å². The zero-order valence-corrected chi connectivity index (χ0v) is 49.0. The van der Waals surface area contributed by atoms with Gasteiger partial charge in [0.05, 0.1) is 23.3 Å². The zero-order chi connectivity index (χ0) is 55.5. The molecule has 0 aromatic heterocycles. The molecule has 2 rings (SSSR count). The maximum Gasteiger partial charge on any atom is 2.00 e. The predicted molar refractivity (Wildman–Crippen MR) is 231 cm³/mol. The third-order valence-electron chi connectivity index (χ3n) is 7.20. The van der Waals surface area contributed by atoms with Crippen molar-refractivity contribution in [1.82, 2.24) is 29.4 Å². The molecule has 2 aromatic rings. The number of likely N-dealkylation sites (N-methyl/N-ethyl adjacent to an activating group) is 4. The quantitative estimate of drug-likeness (QED) is 0.0579. The molecule has 0 amide bonds. The third-order valence-corrected chi connectivity index (χ3v) is 7.67. The number of carboxylic acid groups (broad SMARTS) is 2. The van der Waals surface area contributed by atoms with Gasteiger partial charge >= 0.3 is 68.3 Å². The van der Waals surface area contributed by atoms with E-state index in [0.717, 1.165) is 51.4 Å². The maximum atomic E-state index is 11.6. The summed E-state index contributed by atoms with van der Waals surface area (Å²) in [6.07, 6.45) is 1.24. The summed E-state index contributed by atoms with van der Waals surface area (Å²) >= 11 is 11.4. The van der Waals surface area contributed by atoms with Gasteiger partial charge in [-0.25, -0.2) is 37.3 Å². The Morgan fingerprint density at radius 1 is 0.419 bits per heavy atom. The van der Waals surface area contributed by atoms with Gasteiger partial charge in [-0.05, 0) is 170 Å².